The Morgan fingerprint density at radius 1 is 1.30 bits per heavy atom. The molecular weight excluding hydrogens is 294 g/mol. The van der Waals surface area contributed by atoms with Crippen LogP contribution in [0.3, 0.4) is 0 Å². The highest BCUT2D eigenvalue weighted by atomic mass is 16.5. The SMILES string of the molecule is Cc1ccccc1OCCCC(=O)N1CCc2c([nH][nH]c2=O)C1. The molecule has 23 heavy (non-hydrogen) atoms. The van der Waals surface area contributed by atoms with Gasteiger partial charge in [-0.3, -0.25) is 14.7 Å². The van der Waals surface area contributed by atoms with Crippen molar-refractivity contribution in [3.8, 4) is 5.75 Å². The Bertz CT molecular complexity index is 748. The monoisotopic (exact) mass is 315 g/mol. The van der Waals surface area contributed by atoms with Crippen LogP contribution in [0.15, 0.2) is 29.1 Å². The second kappa shape index (κ2) is 6.73. The van der Waals surface area contributed by atoms with E-state index in [1.54, 1.807) is 4.90 Å². The summed E-state index contributed by atoms with van der Waals surface area (Å²) in [5.74, 6) is 0.971. The summed E-state index contributed by atoms with van der Waals surface area (Å²) in [5.41, 5.74) is 2.63. The predicted molar refractivity (Wildman–Crippen MR) is 86.4 cm³/mol. The number of aromatic amines is 2. The molecule has 1 amide bonds. The zero-order valence-corrected chi connectivity index (χ0v) is 13.2. The van der Waals surface area contributed by atoms with Crippen LogP contribution in [-0.2, 0) is 17.8 Å². The molecule has 1 aromatic carbocycles. The van der Waals surface area contributed by atoms with Gasteiger partial charge in [-0.25, -0.2) is 0 Å². The van der Waals surface area contributed by atoms with E-state index in [9.17, 15) is 9.59 Å². The van der Waals surface area contributed by atoms with Crippen molar-refractivity contribution in [2.45, 2.75) is 32.7 Å². The number of aryl methyl sites for hydroxylation is 1. The molecule has 0 spiro atoms. The van der Waals surface area contributed by atoms with Gasteiger partial charge in [-0.15, -0.1) is 0 Å². The van der Waals surface area contributed by atoms with Crippen LogP contribution in [0.4, 0.5) is 0 Å². The number of nitrogens with one attached hydrogen (secondary N) is 2. The third kappa shape index (κ3) is 3.47. The van der Waals surface area contributed by atoms with E-state index in [1.807, 2.05) is 31.2 Å². The number of nitrogens with zero attached hydrogens (tertiary/aromatic N) is 1. The van der Waals surface area contributed by atoms with Gasteiger partial charge in [0.15, 0.2) is 0 Å². The lowest BCUT2D eigenvalue weighted by Gasteiger charge is -2.26. The van der Waals surface area contributed by atoms with Gasteiger partial charge >= 0.3 is 0 Å². The first kappa shape index (κ1) is 15.4. The molecule has 0 atom stereocenters. The molecule has 6 nitrogen and oxygen atoms in total. The molecule has 0 unspecified atom stereocenters. The van der Waals surface area contributed by atoms with Gasteiger partial charge in [-0.1, -0.05) is 18.2 Å². The number of hydrogen-bond acceptors (Lipinski definition) is 3. The van der Waals surface area contributed by atoms with Gasteiger partial charge in [0.05, 0.1) is 18.8 Å². The molecule has 2 N–H and O–H groups in total. The van der Waals surface area contributed by atoms with Crippen LogP contribution in [0, 0.1) is 6.92 Å². The lowest BCUT2D eigenvalue weighted by Crippen LogP contribution is -2.36. The van der Waals surface area contributed by atoms with E-state index in [4.69, 9.17) is 4.74 Å². The number of fused-ring (bicyclic) bond motifs is 1. The molecular formula is C17H21N3O3. The summed E-state index contributed by atoms with van der Waals surface area (Å²) >= 11 is 0. The van der Waals surface area contributed by atoms with E-state index < -0.39 is 0 Å². The lowest BCUT2D eigenvalue weighted by atomic mass is 10.1. The molecule has 0 radical (unpaired) electrons. The summed E-state index contributed by atoms with van der Waals surface area (Å²) < 4.78 is 5.71. The fraction of sp³-hybridized carbons (Fsp3) is 0.412. The largest absolute Gasteiger partial charge is 0.493 e. The maximum Gasteiger partial charge on any atom is 0.267 e. The number of ether oxygens (including phenoxy) is 1. The molecule has 0 bridgehead atoms. The Kier molecular flexibility index (Phi) is 4.50. The van der Waals surface area contributed by atoms with Crippen molar-refractivity contribution < 1.29 is 9.53 Å². The van der Waals surface area contributed by atoms with Crippen LogP contribution < -0.4 is 10.3 Å². The molecule has 1 aromatic heterocycles. The molecule has 6 heteroatoms. The minimum atomic E-state index is -0.0706. The number of H-pyrrole nitrogens is 2. The van der Waals surface area contributed by atoms with E-state index >= 15 is 0 Å². The summed E-state index contributed by atoms with van der Waals surface area (Å²) in [5, 5.41) is 5.43. The number of hydrogen-bond donors (Lipinski definition) is 2. The standard InChI is InChI=1S/C17H21N3O3/c1-12-5-2-3-6-15(12)23-10-4-7-16(21)20-9-8-13-14(11-20)18-19-17(13)22/h2-3,5-6H,4,7-11H2,1H3,(H2,18,19,22). The number of rotatable bonds is 5. The third-order valence-electron chi connectivity index (χ3n) is 4.18. The van der Waals surface area contributed by atoms with E-state index in [-0.39, 0.29) is 11.5 Å². The molecule has 0 saturated carbocycles. The summed E-state index contributed by atoms with van der Waals surface area (Å²) in [4.78, 5) is 25.6. The van der Waals surface area contributed by atoms with E-state index in [0.717, 1.165) is 22.6 Å². The number of amides is 1. The van der Waals surface area contributed by atoms with Crippen LogP contribution in [0.2, 0.25) is 0 Å². The normalized spacial score (nSPS) is 13.7. The topological polar surface area (TPSA) is 78.2 Å². The fourth-order valence-electron chi connectivity index (χ4n) is 2.83. The molecule has 0 fully saturated rings. The van der Waals surface area contributed by atoms with Gasteiger partial charge in [0.1, 0.15) is 5.75 Å². The van der Waals surface area contributed by atoms with E-state index in [0.29, 0.717) is 39.0 Å². The Morgan fingerprint density at radius 3 is 2.96 bits per heavy atom. The van der Waals surface area contributed by atoms with Crippen LogP contribution in [0.5, 0.6) is 5.75 Å². The van der Waals surface area contributed by atoms with Gasteiger partial charge in [-0.05, 0) is 31.4 Å². The summed E-state index contributed by atoms with van der Waals surface area (Å²) in [7, 11) is 0. The Balaban J connectivity index is 1.45. The maximum atomic E-state index is 12.3. The van der Waals surface area contributed by atoms with Gasteiger partial charge in [0.25, 0.3) is 5.56 Å². The molecule has 2 aromatic rings. The van der Waals surface area contributed by atoms with Crippen molar-refractivity contribution in [2.75, 3.05) is 13.2 Å². The smallest absolute Gasteiger partial charge is 0.267 e. The summed E-state index contributed by atoms with van der Waals surface area (Å²) in [6, 6.07) is 7.85. The maximum absolute atomic E-state index is 12.3. The first-order chi connectivity index (χ1) is 11.1. The van der Waals surface area contributed by atoms with Crippen LogP contribution in [0.1, 0.15) is 29.7 Å². The van der Waals surface area contributed by atoms with Crippen molar-refractivity contribution >= 4 is 5.91 Å². The zero-order valence-electron chi connectivity index (χ0n) is 13.2. The van der Waals surface area contributed by atoms with Crippen molar-refractivity contribution in [2.24, 2.45) is 0 Å². The van der Waals surface area contributed by atoms with Crippen molar-refractivity contribution in [3.63, 3.8) is 0 Å². The van der Waals surface area contributed by atoms with Crippen molar-refractivity contribution in [3.05, 3.63) is 51.4 Å². The molecule has 1 aliphatic heterocycles. The van der Waals surface area contributed by atoms with Crippen LogP contribution >= 0.6 is 0 Å². The highest BCUT2D eigenvalue weighted by Gasteiger charge is 2.23. The minimum absolute atomic E-state index is 0.0706. The molecule has 1 aliphatic rings. The number of para-hydroxylation sites is 1. The minimum Gasteiger partial charge on any atom is -0.493 e. The van der Waals surface area contributed by atoms with Crippen LogP contribution in [0.25, 0.3) is 0 Å². The van der Waals surface area contributed by atoms with Gasteiger partial charge in [-0.2, -0.15) is 0 Å². The first-order valence-corrected chi connectivity index (χ1v) is 7.90. The zero-order chi connectivity index (χ0) is 16.2. The number of benzene rings is 1. The summed E-state index contributed by atoms with van der Waals surface area (Å²) in [6.45, 7) is 3.61. The van der Waals surface area contributed by atoms with Gasteiger partial charge in [0.2, 0.25) is 5.91 Å². The Morgan fingerprint density at radius 2 is 2.13 bits per heavy atom. The van der Waals surface area contributed by atoms with Crippen molar-refractivity contribution in [1.82, 2.24) is 15.1 Å². The highest BCUT2D eigenvalue weighted by Crippen LogP contribution is 2.17. The van der Waals surface area contributed by atoms with E-state index in [1.165, 1.54) is 0 Å². The quantitative estimate of drug-likeness (QED) is 0.825. The molecule has 0 aliphatic carbocycles. The van der Waals surface area contributed by atoms with E-state index in [2.05, 4.69) is 10.2 Å². The molecule has 0 saturated heterocycles. The highest BCUT2D eigenvalue weighted by molar-refractivity contribution is 5.76. The average molecular weight is 315 g/mol. The summed E-state index contributed by atoms with van der Waals surface area (Å²) in [6.07, 6.45) is 1.75. The van der Waals surface area contributed by atoms with Crippen molar-refractivity contribution in [1.29, 1.82) is 0 Å². The lowest BCUT2D eigenvalue weighted by molar-refractivity contribution is -0.132. The molecule has 2 heterocycles. The second-order valence-electron chi connectivity index (χ2n) is 5.82. The third-order valence-corrected chi connectivity index (χ3v) is 4.18. The van der Waals surface area contributed by atoms with Gasteiger partial charge in [0, 0.05) is 18.5 Å². The van der Waals surface area contributed by atoms with Crippen LogP contribution in [-0.4, -0.2) is 34.2 Å². The Labute approximate surface area is 134 Å². The average Bonchev–Trinajstić information content (AvgIpc) is 2.93. The molecule has 122 valence electrons. The van der Waals surface area contributed by atoms with Gasteiger partial charge < -0.3 is 14.7 Å². The number of carbonyl (C=O) groups excluding carboxylic acids is 1. The number of aromatic nitrogens is 2. The number of carbonyl (C=O) groups is 1. The molecule has 3 rings (SSSR count). The fourth-order valence-corrected chi connectivity index (χ4v) is 2.83. The second-order valence-corrected chi connectivity index (χ2v) is 5.82. The first-order valence-electron chi connectivity index (χ1n) is 7.90. The predicted octanol–water partition coefficient (Wildman–Crippen LogP) is 1.76. The Hall–Kier alpha value is -2.50.